The fourth-order valence-electron chi connectivity index (χ4n) is 3.85. The van der Waals surface area contributed by atoms with Crippen LogP contribution in [0.5, 0.6) is 0 Å². The molecule has 0 saturated carbocycles. The molecule has 0 aliphatic carbocycles. The predicted octanol–water partition coefficient (Wildman–Crippen LogP) is 2.94. The van der Waals surface area contributed by atoms with E-state index in [9.17, 15) is 8.42 Å². The van der Waals surface area contributed by atoms with Crippen molar-refractivity contribution >= 4 is 45.6 Å². The molecule has 2 heterocycles. The molecule has 3 rings (SSSR count). The second-order valence-corrected chi connectivity index (χ2v) is 9.96. The third-order valence-electron chi connectivity index (χ3n) is 5.53. The zero-order valence-electron chi connectivity index (χ0n) is 18.6. The van der Waals surface area contributed by atoms with Crippen LogP contribution in [0, 0.1) is 0 Å². The first-order valence-corrected chi connectivity index (χ1v) is 12.6. The van der Waals surface area contributed by atoms with Crippen LogP contribution in [0.25, 0.3) is 0 Å². The van der Waals surface area contributed by atoms with Gasteiger partial charge in [-0.05, 0) is 43.9 Å². The van der Waals surface area contributed by atoms with Gasteiger partial charge in [0.1, 0.15) is 0 Å². The molecule has 0 spiro atoms. The van der Waals surface area contributed by atoms with Gasteiger partial charge in [-0.15, -0.1) is 24.0 Å². The SMILES string of the molecule is CCCS(=O)(=O)N1CCC(NC(=NCc2ccc(N3CC=CC3)cc2)NCC)CC1.I. The second kappa shape index (κ2) is 12.6. The molecule has 0 amide bonds. The summed E-state index contributed by atoms with van der Waals surface area (Å²) in [6, 6.07) is 8.83. The van der Waals surface area contributed by atoms with Crippen molar-refractivity contribution in [3.63, 3.8) is 0 Å². The first-order chi connectivity index (χ1) is 14.5. The smallest absolute Gasteiger partial charge is 0.214 e. The minimum atomic E-state index is -3.10. The molecule has 0 radical (unpaired) electrons. The van der Waals surface area contributed by atoms with Crippen molar-refractivity contribution in [2.24, 2.45) is 4.99 Å². The maximum Gasteiger partial charge on any atom is 0.214 e. The standard InChI is InChI=1S/C22H35N5O2S.HI/c1-3-17-30(28,29)27-15-11-20(12-16-27)25-22(23-4-2)24-18-19-7-9-21(10-8-19)26-13-5-6-14-26;/h5-10,20H,3-4,11-18H2,1-2H3,(H2,23,24,25);1H. The summed E-state index contributed by atoms with van der Waals surface area (Å²) in [5, 5.41) is 6.80. The van der Waals surface area contributed by atoms with Crippen LogP contribution >= 0.6 is 24.0 Å². The van der Waals surface area contributed by atoms with E-state index >= 15 is 0 Å². The lowest BCUT2D eigenvalue weighted by Gasteiger charge is -2.32. The number of hydrogen-bond acceptors (Lipinski definition) is 4. The molecule has 7 nitrogen and oxygen atoms in total. The van der Waals surface area contributed by atoms with Crippen molar-refractivity contribution in [2.75, 3.05) is 43.4 Å². The van der Waals surface area contributed by atoms with Gasteiger partial charge in [0.05, 0.1) is 12.3 Å². The summed E-state index contributed by atoms with van der Waals surface area (Å²) in [5.74, 6) is 1.03. The maximum atomic E-state index is 12.2. The highest BCUT2D eigenvalue weighted by molar-refractivity contribution is 14.0. The van der Waals surface area contributed by atoms with Crippen LogP contribution in [0.4, 0.5) is 5.69 Å². The number of rotatable bonds is 8. The number of hydrogen-bond donors (Lipinski definition) is 2. The van der Waals surface area contributed by atoms with E-state index in [1.807, 2.05) is 6.92 Å². The fraction of sp³-hybridized carbons (Fsp3) is 0.591. The van der Waals surface area contributed by atoms with E-state index in [-0.39, 0.29) is 35.8 Å². The molecule has 0 unspecified atom stereocenters. The van der Waals surface area contributed by atoms with Gasteiger partial charge in [-0.1, -0.05) is 31.2 Å². The summed E-state index contributed by atoms with van der Waals surface area (Å²) in [5.41, 5.74) is 2.41. The maximum absolute atomic E-state index is 12.2. The number of nitrogens with zero attached hydrogens (tertiary/aromatic N) is 3. The van der Waals surface area contributed by atoms with Gasteiger partial charge in [-0.2, -0.15) is 0 Å². The number of aliphatic imine (C=N–C) groups is 1. The van der Waals surface area contributed by atoms with Gasteiger partial charge in [0, 0.05) is 44.5 Å². The summed E-state index contributed by atoms with van der Waals surface area (Å²) in [7, 11) is -3.10. The first-order valence-electron chi connectivity index (χ1n) is 11.0. The molecular weight excluding hydrogens is 525 g/mol. The summed E-state index contributed by atoms with van der Waals surface area (Å²) >= 11 is 0. The van der Waals surface area contributed by atoms with Gasteiger partial charge in [-0.3, -0.25) is 0 Å². The topological polar surface area (TPSA) is 77.0 Å². The van der Waals surface area contributed by atoms with Crippen LogP contribution in [-0.2, 0) is 16.6 Å². The van der Waals surface area contributed by atoms with Crippen molar-refractivity contribution in [1.29, 1.82) is 0 Å². The van der Waals surface area contributed by atoms with E-state index in [4.69, 9.17) is 4.99 Å². The summed E-state index contributed by atoms with van der Waals surface area (Å²) < 4.78 is 26.1. The Morgan fingerprint density at radius 2 is 1.74 bits per heavy atom. The molecule has 2 N–H and O–H groups in total. The second-order valence-electron chi connectivity index (χ2n) is 7.87. The fourth-order valence-corrected chi connectivity index (χ4v) is 5.39. The van der Waals surface area contributed by atoms with Gasteiger partial charge < -0.3 is 15.5 Å². The largest absolute Gasteiger partial charge is 0.364 e. The molecule has 174 valence electrons. The zero-order chi connectivity index (χ0) is 21.4. The Kier molecular flexibility index (Phi) is 10.6. The van der Waals surface area contributed by atoms with Gasteiger partial charge in [0.25, 0.3) is 0 Å². The average Bonchev–Trinajstić information content (AvgIpc) is 3.28. The molecule has 31 heavy (non-hydrogen) atoms. The van der Waals surface area contributed by atoms with Crippen molar-refractivity contribution in [3.8, 4) is 0 Å². The molecule has 1 aromatic rings. The van der Waals surface area contributed by atoms with Crippen molar-refractivity contribution in [2.45, 2.75) is 45.7 Å². The number of nitrogens with one attached hydrogen (secondary N) is 2. The van der Waals surface area contributed by atoms with Crippen LogP contribution in [-0.4, -0.2) is 63.2 Å². The average molecular weight is 562 g/mol. The lowest BCUT2D eigenvalue weighted by Crippen LogP contribution is -2.50. The molecular formula is C22H36IN5O2S. The molecule has 0 aromatic heterocycles. The van der Waals surface area contributed by atoms with Gasteiger partial charge in [0.15, 0.2) is 5.96 Å². The number of benzene rings is 1. The lowest BCUT2D eigenvalue weighted by atomic mass is 10.1. The molecule has 2 aliphatic heterocycles. The van der Waals surface area contributed by atoms with E-state index in [1.165, 1.54) is 11.3 Å². The number of sulfonamides is 1. The number of anilines is 1. The Bertz CT molecular complexity index is 826. The number of piperidine rings is 1. The first kappa shape index (κ1) is 25.9. The van der Waals surface area contributed by atoms with E-state index in [0.717, 1.165) is 38.4 Å². The van der Waals surface area contributed by atoms with Gasteiger partial charge in [-0.25, -0.2) is 17.7 Å². The minimum absolute atomic E-state index is 0. The van der Waals surface area contributed by atoms with E-state index < -0.39 is 10.0 Å². The normalized spacial score (nSPS) is 18.1. The van der Waals surface area contributed by atoms with E-state index in [0.29, 0.717) is 26.1 Å². The molecule has 1 saturated heterocycles. The van der Waals surface area contributed by atoms with Gasteiger partial charge >= 0.3 is 0 Å². The van der Waals surface area contributed by atoms with Gasteiger partial charge in [0.2, 0.25) is 10.0 Å². The Morgan fingerprint density at radius 3 is 2.32 bits per heavy atom. The zero-order valence-corrected chi connectivity index (χ0v) is 21.7. The molecule has 1 aromatic carbocycles. The third-order valence-corrected chi connectivity index (χ3v) is 7.61. The molecule has 0 atom stereocenters. The van der Waals surface area contributed by atoms with Crippen LogP contribution in [0.1, 0.15) is 38.7 Å². The molecule has 2 aliphatic rings. The summed E-state index contributed by atoms with van der Waals surface area (Å²) in [6.07, 6.45) is 6.64. The van der Waals surface area contributed by atoms with E-state index in [2.05, 4.69) is 58.9 Å². The van der Waals surface area contributed by atoms with Crippen molar-refractivity contribution in [3.05, 3.63) is 42.0 Å². The third kappa shape index (κ3) is 7.64. The Morgan fingerprint density at radius 1 is 1.10 bits per heavy atom. The van der Waals surface area contributed by atoms with Crippen molar-refractivity contribution in [1.82, 2.24) is 14.9 Å². The van der Waals surface area contributed by atoms with Crippen LogP contribution in [0.2, 0.25) is 0 Å². The number of guanidine groups is 1. The Balaban J connectivity index is 0.00000341. The van der Waals surface area contributed by atoms with Crippen LogP contribution in [0.15, 0.2) is 41.4 Å². The lowest BCUT2D eigenvalue weighted by molar-refractivity contribution is 0.306. The molecule has 0 bridgehead atoms. The Labute approximate surface area is 204 Å². The predicted molar refractivity (Wildman–Crippen MR) is 140 cm³/mol. The number of halogens is 1. The van der Waals surface area contributed by atoms with Crippen LogP contribution < -0.4 is 15.5 Å². The minimum Gasteiger partial charge on any atom is -0.364 e. The quantitative estimate of drug-likeness (QED) is 0.221. The highest BCUT2D eigenvalue weighted by Gasteiger charge is 2.27. The van der Waals surface area contributed by atoms with E-state index in [1.54, 1.807) is 4.31 Å². The summed E-state index contributed by atoms with van der Waals surface area (Å²) in [4.78, 5) is 7.06. The highest BCUT2D eigenvalue weighted by Crippen LogP contribution is 2.18. The Hall–Kier alpha value is -1.33. The highest BCUT2D eigenvalue weighted by atomic mass is 127. The summed E-state index contributed by atoms with van der Waals surface area (Å²) in [6.45, 7) is 8.46. The molecule has 1 fully saturated rings. The van der Waals surface area contributed by atoms with Crippen LogP contribution in [0.3, 0.4) is 0 Å². The monoisotopic (exact) mass is 561 g/mol. The molecule has 9 heteroatoms. The van der Waals surface area contributed by atoms with Crippen molar-refractivity contribution < 1.29 is 8.42 Å².